The molecule has 0 unspecified atom stereocenters. The number of rotatable bonds is 2. The van der Waals surface area contributed by atoms with E-state index in [1.807, 2.05) is 19.1 Å². The van der Waals surface area contributed by atoms with Gasteiger partial charge >= 0.3 is 0 Å². The van der Waals surface area contributed by atoms with Crippen molar-refractivity contribution in [2.45, 2.75) is 19.8 Å². The predicted molar refractivity (Wildman–Crippen MR) is 50.3 cm³/mol. The van der Waals surface area contributed by atoms with Crippen molar-refractivity contribution in [2.24, 2.45) is 0 Å². The topological polar surface area (TPSA) is 40.9 Å². The minimum Gasteiger partial charge on any atom is -0.299 e. The molecule has 2 nitrogen and oxygen atoms in total. The first kappa shape index (κ1) is 9.47. The summed E-state index contributed by atoms with van der Waals surface area (Å²) in [5.41, 5.74) is 1.41. The van der Waals surface area contributed by atoms with Crippen molar-refractivity contribution in [3.8, 4) is 6.07 Å². The van der Waals surface area contributed by atoms with E-state index in [1.165, 1.54) is 0 Å². The maximum Gasteiger partial charge on any atom is 0.137 e. The molecule has 0 saturated carbocycles. The minimum absolute atomic E-state index is 0.0858. The number of ketones is 1. The van der Waals surface area contributed by atoms with Crippen molar-refractivity contribution in [3.63, 3.8) is 0 Å². The first-order valence-corrected chi connectivity index (χ1v) is 4.16. The van der Waals surface area contributed by atoms with Crippen molar-refractivity contribution in [2.75, 3.05) is 0 Å². The van der Waals surface area contributed by atoms with Gasteiger partial charge in [-0.15, -0.1) is 0 Å². The van der Waals surface area contributed by atoms with Gasteiger partial charge in [-0.1, -0.05) is 25.1 Å². The molecule has 0 amide bonds. The summed E-state index contributed by atoms with van der Waals surface area (Å²) < 4.78 is 0. The summed E-state index contributed by atoms with van der Waals surface area (Å²) >= 11 is 0. The van der Waals surface area contributed by atoms with Gasteiger partial charge in [0, 0.05) is 5.92 Å². The van der Waals surface area contributed by atoms with E-state index in [-0.39, 0.29) is 11.7 Å². The van der Waals surface area contributed by atoms with Crippen molar-refractivity contribution < 1.29 is 4.79 Å². The van der Waals surface area contributed by atoms with Crippen LogP contribution in [0.25, 0.3) is 0 Å². The Morgan fingerprint density at radius 2 is 2.08 bits per heavy atom. The van der Waals surface area contributed by atoms with Crippen molar-refractivity contribution in [1.29, 1.82) is 5.26 Å². The number of Topliss-reactive ketones (excluding diaryl/α,β-unsaturated/α-hetero) is 1. The van der Waals surface area contributed by atoms with E-state index >= 15 is 0 Å². The van der Waals surface area contributed by atoms with Gasteiger partial charge in [-0.2, -0.15) is 5.26 Å². The third-order valence-corrected chi connectivity index (χ3v) is 2.16. The number of hydrogen-bond acceptors (Lipinski definition) is 2. The fraction of sp³-hybridized carbons (Fsp3) is 0.273. The molecule has 1 aromatic rings. The summed E-state index contributed by atoms with van der Waals surface area (Å²) in [7, 11) is 0. The number of carbonyl (C=O) groups excluding carboxylic acids is 1. The third-order valence-electron chi connectivity index (χ3n) is 2.16. The van der Waals surface area contributed by atoms with Gasteiger partial charge in [-0.05, 0) is 18.6 Å². The highest BCUT2D eigenvalue weighted by molar-refractivity contribution is 5.83. The van der Waals surface area contributed by atoms with Crippen LogP contribution in [0.15, 0.2) is 24.3 Å². The monoisotopic (exact) mass is 173 g/mol. The Balaban J connectivity index is 3.15. The Bertz CT molecular complexity index is 363. The molecule has 66 valence electrons. The first-order chi connectivity index (χ1) is 6.16. The van der Waals surface area contributed by atoms with Gasteiger partial charge < -0.3 is 0 Å². The standard InChI is InChI=1S/C11H11NO/c1-8(9(2)13)11-6-4-3-5-10(11)7-12/h3-6,8H,1-2H3/t8-/m0/s1. The number of nitrogens with zero attached hydrogens (tertiary/aromatic N) is 1. The SMILES string of the molecule is CC(=O)[C@H](C)c1ccccc1C#N. The highest BCUT2D eigenvalue weighted by Crippen LogP contribution is 2.19. The Morgan fingerprint density at radius 3 is 2.62 bits per heavy atom. The van der Waals surface area contributed by atoms with E-state index in [4.69, 9.17) is 5.26 Å². The van der Waals surface area contributed by atoms with Crippen molar-refractivity contribution in [1.82, 2.24) is 0 Å². The summed E-state index contributed by atoms with van der Waals surface area (Å²) in [6.07, 6.45) is 0. The van der Waals surface area contributed by atoms with Gasteiger partial charge in [0.25, 0.3) is 0 Å². The van der Waals surface area contributed by atoms with E-state index in [0.29, 0.717) is 5.56 Å². The molecule has 0 heterocycles. The second kappa shape index (κ2) is 3.86. The van der Waals surface area contributed by atoms with Crippen LogP contribution >= 0.6 is 0 Å². The van der Waals surface area contributed by atoms with Crippen LogP contribution in [0, 0.1) is 11.3 Å². The lowest BCUT2D eigenvalue weighted by Crippen LogP contribution is -2.05. The first-order valence-electron chi connectivity index (χ1n) is 4.16. The normalized spacial score (nSPS) is 11.8. The summed E-state index contributed by atoms with van der Waals surface area (Å²) in [4.78, 5) is 11.1. The number of hydrogen-bond donors (Lipinski definition) is 0. The Hall–Kier alpha value is -1.62. The lowest BCUT2D eigenvalue weighted by atomic mass is 9.93. The highest BCUT2D eigenvalue weighted by Gasteiger charge is 2.13. The Labute approximate surface area is 77.8 Å². The molecule has 0 aromatic heterocycles. The van der Waals surface area contributed by atoms with Crippen LogP contribution in [0.3, 0.4) is 0 Å². The van der Waals surface area contributed by atoms with Crippen LogP contribution in [0.2, 0.25) is 0 Å². The molecule has 0 saturated heterocycles. The summed E-state index contributed by atoms with van der Waals surface area (Å²) in [6, 6.07) is 9.28. The van der Waals surface area contributed by atoms with Gasteiger partial charge in [0.05, 0.1) is 11.6 Å². The lowest BCUT2D eigenvalue weighted by Gasteiger charge is -2.08. The zero-order valence-corrected chi connectivity index (χ0v) is 7.74. The summed E-state index contributed by atoms with van der Waals surface area (Å²) in [5, 5.41) is 8.79. The number of nitriles is 1. The zero-order valence-electron chi connectivity index (χ0n) is 7.74. The Morgan fingerprint density at radius 1 is 1.46 bits per heavy atom. The minimum atomic E-state index is -0.184. The smallest absolute Gasteiger partial charge is 0.137 e. The molecule has 2 heteroatoms. The number of benzene rings is 1. The van der Waals surface area contributed by atoms with Crippen LogP contribution in [-0.2, 0) is 4.79 Å². The van der Waals surface area contributed by atoms with Gasteiger partial charge in [-0.25, -0.2) is 0 Å². The second-order valence-corrected chi connectivity index (χ2v) is 3.03. The molecule has 0 radical (unpaired) electrons. The fourth-order valence-corrected chi connectivity index (χ4v) is 1.20. The van der Waals surface area contributed by atoms with Crippen LogP contribution in [0.4, 0.5) is 0 Å². The molecule has 0 N–H and O–H groups in total. The number of carbonyl (C=O) groups is 1. The van der Waals surface area contributed by atoms with E-state index in [2.05, 4.69) is 6.07 Å². The van der Waals surface area contributed by atoms with E-state index < -0.39 is 0 Å². The summed E-state index contributed by atoms with van der Waals surface area (Å²) in [6.45, 7) is 3.36. The van der Waals surface area contributed by atoms with Crippen LogP contribution in [0.1, 0.15) is 30.9 Å². The summed E-state index contributed by atoms with van der Waals surface area (Å²) in [5.74, 6) is -0.0986. The van der Waals surface area contributed by atoms with E-state index in [1.54, 1.807) is 19.1 Å². The molecular weight excluding hydrogens is 162 g/mol. The average molecular weight is 173 g/mol. The molecule has 1 rings (SSSR count). The molecular formula is C11H11NO. The molecule has 0 fully saturated rings. The molecule has 0 aliphatic carbocycles. The van der Waals surface area contributed by atoms with Gasteiger partial charge in [0.1, 0.15) is 5.78 Å². The molecule has 1 atom stereocenters. The van der Waals surface area contributed by atoms with Crippen LogP contribution in [-0.4, -0.2) is 5.78 Å². The molecule has 1 aromatic carbocycles. The average Bonchev–Trinajstić information content (AvgIpc) is 2.16. The highest BCUT2D eigenvalue weighted by atomic mass is 16.1. The third kappa shape index (κ3) is 1.94. The predicted octanol–water partition coefficient (Wildman–Crippen LogP) is 2.25. The van der Waals surface area contributed by atoms with Crippen molar-refractivity contribution in [3.05, 3.63) is 35.4 Å². The molecule has 0 aliphatic heterocycles. The van der Waals surface area contributed by atoms with Crippen molar-refractivity contribution >= 4 is 5.78 Å². The maximum absolute atomic E-state index is 11.1. The van der Waals surface area contributed by atoms with E-state index in [0.717, 1.165) is 5.56 Å². The Kier molecular flexibility index (Phi) is 2.81. The fourth-order valence-electron chi connectivity index (χ4n) is 1.20. The molecule has 0 bridgehead atoms. The maximum atomic E-state index is 11.1. The van der Waals surface area contributed by atoms with Crippen LogP contribution < -0.4 is 0 Å². The van der Waals surface area contributed by atoms with Crippen LogP contribution in [0.5, 0.6) is 0 Å². The zero-order chi connectivity index (χ0) is 9.84. The quantitative estimate of drug-likeness (QED) is 0.688. The largest absolute Gasteiger partial charge is 0.299 e. The molecule has 0 aliphatic rings. The lowest BCUT2D eigenvalue weighted by molar-refractivity contribution is -0.118. The second-order valence-electron chi connectivity index (χ2n) is 3.03. The van der Waals surface area contributed by atoms with Gasteiger partial charge in [0.2, 0.25) is 0 Å². The van der Waals surface area contributed by atoms with E-state index in [9.17, 15) is 4.79 Å². The van der Waals surface area contributed by atoms with Gasteiger partial charge in [0.15, 0.2) is 0 Å². The molecule has 0 spiro atoms. The molecule has 13 heavy (non-hydrogen) atoms. The van der Waals surface area contributed by atoms with Gasteiger partial charge in [-0.3, -0.25) is 4.79 Å².